The molecular formula is C24H32I2Zr. The molecule has 27 heavy (non-hydrogen) atoms. The summed E-state index contributed by atoms with van der Waals surface area (Å²) in [5.41, 5.74) is 11.7. The predicted octanol–water partition coefficient (Wildman–Crippen LogP) is 8.84. The Morgan fingerprint density at radius 1 is 0.963 bits per heavy atom. The first kappa shape index (κ1) is 25.6. The Morgan fingerprint density at radius 2 is 1.56 bits per heavy atom. The Morgan fingerprint density at radius 3 is 2.04 bits per heavy atom. The van der Waals surface area contributed by atoms with Crippen LogP contribution in [0.5, 0.6) is 0 Å². The molecule has 0 aliphatic heterocycles. The summed E-state index contributed by atoms with van der Waals surface area (Å²) in [6.45, 7) is 17.7. The first-order valence-electron chi connectivity index (χ1n) is 9.50. The summed E-state index contributed by atoms with van der Waals surface area (Å²) in [5.74, 6) is 0. The zero-order chi connectivity index (χ0) is 20.7. The molecule has 0 aliphatic rings. The van der Waals surface area contributed by atoms with Gasteiger partial charge in [0.25, 0.3) is 0 Å². The summed E-state index contributed by atoms with van der Waals surface area (Å²) in [6.07, 6.45) is 2.50. The van der Waals surface area contributed by atoms with Crippen molar-refractivity contribution in [3.05, 3.63) is 68.8 Å². The van der Waals surface area contributed by atoms with E-state index in [4.69, 9.17) is 0 Å². The van der Waals surface area contributed by atoms with Crippen LogP contribution in [0.15, 0.2) is 24.3 Å². The topological polar surface area (TPSA) is 0 Å². The number of halogens is 2. The summed E-state index contributed by atoms with van der Waals surface area (Å²) in [4.78, 5) is 0. The molecule has 0 fully saturated rings. The number of aryl methyl sites for hydroxylation is 3. The van der Waals surface area contributed by atoms with E-state index in [0.717, 1.165) is 0 Å². The maximum atomic E-state index is 2.45. The van der Waals surface area contributed by atoms with Crippen LogP contribution in [0.25, 0.3) is 10.8 Å². The van der Waals surface area contributed by atoms with Crippen LogP contribution in [-0.2, 0) is 21.3 Å². The second-order valence-electron chi connectivity index (χ2n) is 7.42. The van der Waals surface area contributed by atoms with Crippen molar-refractivity contribution in [1.82, 2.24) is 0 Å². The molecule has 0 atom stereocenters. The Labute approximate surface area is 196 Å². The van der Waals surface area contributed by atoms with Gasteiger partial charge in [0, 0.05) is 0 Å². The van der Waals surface area contributed by atoms with Gasteiger partial charge in [0.1, 0.15) is 0 Å². The molecule has 3 aromatic rings. The molecule has 0 amide bonds. The van der Waals surface area contributed by atoms with Gasteiger partial charge in [0.15, 0.2) is 0 Å². The van der Waals surface area contributed by atoms with E-state index in [0.29, 0.717) is 0 Å². The van der Waals surface area contributed by atoms with Crippen molar-refractivity contribution in [2.45, 2.75) is 68.2 Å². The fourth-order valence-corrected chi connectivity index (χ4v) is 3.76. The van der Waals surface area contributed by atoms with Gasteiger partial charge in [-0.1, -0.05) is 71.6 Å². The monoisotopic (exact) mass is 664 g/mol. The van der Waals surface area contributed by atoms with E-state index in [-0.39, 0.29) is 14.9 Å². The molecule has 0 radical (unpaired) electrons. The first-order valence-corrected chi connectivity index (χ1v) is 24.1. The number of hydrogen-bond acceptors (Lipinski definition) is 0. The fourth-order valence-electron chi connectivity index (χ4n) is 3.76. The Balaban J connectivity index is 0.000000236. The molecule has 0 bridgehead atoms. The number of rotatable bonds is 2. The SMILES string of the molecule is CCCc1c(C)c(C)c(C)[c-]1C.Cc1cc(C)c2cc(C)[cH-]c2c1.[I][Zr+2][I]. The van der Waals surface area contributed by atoms with E-state index in [1.54, 1.807) is 5.56 Å². The zero-order valence-electron chi connectivity index (χ0n) is 18.0. The van der Waals surface area contributed by atoms with Gasteiger partial charge in [-0.25, -0.2) is 0 Å². The van der Waals surface area contributed by atoms with E-state index in [1.165, 1.54) is 62.6 Å². The minimum atomic E-state index is 0.170. The second-order valence-corrected chi connectivity index (χ2v) is 26.4. The van der Waals surface area contributed by atoms with Gasteiger partial charge in [-0.05, 0) is 13.8 Å². The summed E-state index contributed by atoms with van der Waals surface area (Å²) in [6, 6.07) is 8.98. The van der Waals surface area contributed by atoms with E-state index in [9.17, 15) is 0 Å². The molecule has 0 saturated heterocycles. The molecule has 3 rings (SSSR count). The van der Waals surface area contributed by atoms with Crippen molar-refractivity contribution in [3.8, 4) is 0 Å². The van der Waals surface area contributed by atoms with Crippen molar-refractivity contribution in [3.63, 3.8) is 0 Å². The van der Waals surface area contributed by atoms with E-state index in [2.05, 4.69) is 116 Å². The third-order valence-corrected chi connectivity index (χ3v) is 5.41. The standard InChI is InChI=1S/C12H13.C12H19.2HI.Zr/c1-8-4-10(3)12-7-9(2)6-11(12)5-8;1-6-7-12-10(4)8(2)9(3)11(12)5;;;/h4-7H,1-3H3;6-7H2,1-5H3;2*1H;/q2*-1;;;+4/p-2. The van der Waals surface area contributed by atoms with Crippen molar-refractivity contribution in [1.29, 1.82) is 0 Å². The molecule has 3 aromatic carbocycles. The molecule has 146 valence electrons. The molecule has 0 saturated carbocycles. The summed E-state index contributed by atoms with van der Waals surface area (Å²) < 4.78 is 0. The molecule has 0 N–H and O–H groups in total. The average molecular weight is 666 g/mol. The average Bonchev–Trinajstić information content (AvgIpc) is 3.06. The number of benzene rings is 1. The summed E-state index contributed by atoms with van der Waals surface area (Å²) >= 11 is 5.06. The van der Waals surface area contributed by atoms with Crippen molar-refractivity contribution >= 4 is 46.9 Å². The fraction of sp³-hybridized carbons (Fsp3) is 0.417. The maximum absolute atomic E-state index is 2.45. The number of fused-ring (bicyclic) bond motifs is 1. The molecule has 3 heteroatoms. The molecular weight excluding hydrogens is 633 g/mol. The summed E-state index contributed by atoms with van der Waals surface area (Å²) in [7, 11) is 0. The Kier molecular flexibility index (Phi) is 11.6. The van der Waals surface area contributed by atoms with E-state index >= 15 is 0 Å². The Bertz CT molecular complexity index is 843. The van der Waals surface area contributed by atoms with Crippen LogP contribution in [0.4, 0.5) is 0 Å². The third kappa shape index (κ3) is 7.06. The van der Waals surface area contributed by atoms with Gasteiger partial charge < -0.3 is 0 Å². The van der Waals surface area contributed by atoms with Crippen molar-refractivity contribution in [2.24, 2.45) is 0 Å². The van der Waals surface area contributed by atoms with E-state index in [1.807, 2.05) is 0 Å². The molecule has 0 aliphatic carbocycles. The van der Waals surface area contributed by atoms with E-state index < -0.39 is 0 Å². The summed E-state index contributed by atoms with van der Waals surface area (Å²) in [5, 5.41) is 2.78. The van der Waals surface area contributed by atoms with Crippen LogP contribution in [0.3, 0.4) is 0 Å². The van der Waals surface area contributed by atoms with Gasteiger partial charge >= 0.3 is 50.9 Å². The van der Waals surface area contributed by atoms with Crippen LogP contribution < -0.4 is 0 Å². The van der Waals surface area contributed by atoms with Crippen LogP contribution in [0.1, 0.15) is 57.9 Å². The predicted molar refractivity (Wildman–Crippen MR) is 137 cm³/mol. The second kappa shape index (κ2) is 12.3. The first-order chi connectivity index (χ1) is 12.7. The van der Waals surface area contributed by atoms with Crippen LogP contribution >= 0.6 is 36.1 Å². The van der Waals surface area contributed by atoms with Crippen molar-refractivity contribution in [2.75, 3.05) is 0 Å². The molecule has 0 nitrogen and oxygen atoms in total. The minimum absolute atomic E-state index is 0.170. The normalized spacial score (nSPS) is 10.0. The molecule has 0 heterocycles. The quantitative estimate of drug-likeness (QED) is 0.190. The molecule has 0 aromatic heterocycles. The van der Waals surface area contributed by atoms with Crippen LogP contribution in [0.2, 0.25) is 0 Å². The number of hydrogen-bond donors (Lipinski definition) is 0. The van der Waals surface area contributed by atoms with Crippen LogP contribution in [-0.4, -0.2) is 0 Å². The van der Waals surface area contributed by atoms with Crippen LogP contribution in [0, 0.1) is 48.5 Å². The van der Waals surface area contributed by atoms with Gasteiger partial charge in [-0.15, -0.1) is 28.5 Å². The zero-order valence-corrected chi connectivity index (χ0v) is 24.8. The van der Waals surface area contributed by atoms with Crippen molar-refractivity contribution < 1.29 is 14.9 Å². The van der Waals surface area contributed by atoms with Gasteiger partial charge in [0.2, 0.25) is 0 Å². The third-order valence-electron chi connectivity index (χ3n) is 5.41. The van der Waals surface area contributed by atoms with Gasteiger partial charge in [-0.2, -0.15) is 33.9 Å². The molecule has 0 spiro atoms. The van der Waals surface area contributed by atoms with Gasteiger partial charge in [-0.3, -0.25) is 0 Å². The molecule has 0 unspecified atom stereocenters. The Hall–Kier alpha value is 0.523. The van der Waals surface area contributed by atoms with Gasteiger partial charge in [0.05, 0.1) is 0 Å².